The van der Waals surface area contributed by atoms with Crippen molar-refractivity contribution in [3.63, 3.8) is 0 Å². The Hall–Kier alpha value is -1.82. The lowest BCUT2D eigenvalue weighted by Gasteiger charge is -2.36. The number of halogens is 1. The Labute approximate surface area is 116 Å². The lowest BCUT2D eigenvalue weighted by Crippen LogP contribution is -2.43. The van der Waals surface area contributed by atoms with Crippen LogP contribution in [-0.2, 0) is 0 Å². The molecule has 0 heterocycles. The molecule has 0 amide bonds. The van der Waals surface area contributed by atoms with E-state index in [0.29, 0.717) is 6.42 Å². The number of nitrogens with zero attached hydrogens (tertiary/aromatic N) is 1. The predicted molar refractivity (Wildman–Crippen MR) is 74.4 cm³/mol. The summed E-state index contributed by atoms with van der Waals surface area (Å²) in [5.74, 6) is -1.77. The molecule has 1 saturated carbocycles. The number of hydrogen-bond donors (Lipinski definition) is 3. The molecule has 6 heteroatoms. The molecule has 1 fully saturated rings. The predicted octanol–water partition coefficient (Wildman–Crippen LogP) is 1.85. The summed E-state index contributed by atoms with van der Waals surface area (Å²) in [4.78, 5) is 12.7. The van der Waals surface area contributed by atoms with Gasteiger partial charge in [0.15, 0.2) is 0 Å². The van der Waals surface area contributed by atoms with Crippen LogP contribution in [0.2, 0.25) is 0 Å². The van der Waals surface area contributed by atoms with Crippen LogP contribution in [-0.4, -0.2) is 35.4 Å². The van der Waals surface area contributed by atoms with Gasteiger partial charge in [0, 0.05) is 12.7 Å². The molecule has 0 bridgehead atoms. The first-order valence-corrected chi connectivity index (χ1v) is 6.65. The molecule has 2 unspecified atom stereocenters. The third-order valence-corrected chi connectivity index (χ3v) is 3.92. The number of carboxylic acids is 1. The maximum Gasteiger partial charge on any atom is 0.337 e. The Morgan fingerprint density at radius 2 is 2.05 bits per heavy atom. The molecular weight excluding hydrogens is 263 g/mol. The zero-order valence-electron chi connectivity index (χ0n) is 11.3. The molecule has 4 N–H and O–H groups in total. The summed E-state index contributed by atoms with van der Waals surface area (Å²) in [5, 5.41) is 19.1. The number of likely N-dealkylation sites (N-methyl/N-ethyl adjacent to an activating group) is 1. The van der Waals surface area contributed by atoms with Crippen molar-refractivity contribution < 1.29 is 19.4 Å². The fourth-order valence-corrected chi connectivity index (χ4v) is 2.75. The highest BCUT2D eigenvalue weighted by atomic mass is 19.1. The second-order valence-corrected chi connectivity index (χ2v) is 5.23. The van der Waals surface area contributed by atoms with Crippen molar-refractivity contribution >= 4 is 17.3 Å². The molecule has 0 spiro atoms. The van der Waals surface area contributed by atoms with Gasteiger partial charge in [0.1, 0.15) is 5.82 Å². The first-order valence-electron chi connectivity index (χ1n) is 6.65. The Bertz CT molecular complexity index is 521. The zero-order valence-corrected chi connectivity index (χ0v) is 11.3. The topological polar surface area (TPSA) is 86.8 Å². The minimum atomic E-state index is -1.19. The molecule has 0 aromatic heterocycles. The molecule has 1 aromatic rings. The molecule has 110 valence electrons. The molecule has 0 saturated heterocycles. The van der Waals surface area contributed by atoms with E-state index in [1.807, 2.05) is 0 Å². The summed E-state index contributed by atoms with van der Waals surface area (Å²) in [6.07, 6.45) is 2.82. The number of carbonyl (C=O) groups is 1. The molecular formula is C14H19FN2O3. The third kappa shape index (κ3) is 2.70. The number of aromatic carboxylic acids is 1. The Morgan fingerprint density at radius 1 is 1.40 bits per heavy atom. The van der Waals surface area contributed by atoms with Gasteiger partial charge >= 0.3 is 5.97 Å². The standard InChI is InChI=1S/C14H19FN2O3/c1-17(11-4-2-3-5-13(11)18)12-6-8(14(19)20)10(16)7-9(12)15/h6-7,11,13,18H,2-5,16H2,1H3,(H,19,20). The van der Waals surface area contributed by atoms with Gasteiger partial charge in [-0.25, -0.2) is 9.18 Å². The van der Waals surface area contributed by atoms with E-state index in [9.17, 15) is 14.3 Å². The summed E-state index contributed by atoms with van der Waals surface area (Å²) < 4.78 is 14.0. The van der Waals surface area contributed by atoms with E-state index in [4.69, 9.17) is 10.8 Å². The smallest absolute Gasteiger partial charge is 0.337 e. The van der Waals surface area contributed by atoms with Gasteiger partial charge in [-0.1, -0.05) is 12.8 Å². The van der Waals surface area contributed by atoms with Crippen molar-refractivity contribution in [2.24, 2.45) is 0 Å². The number of aliphatic hydroxyl groups excluding tert-OH is 1. The molecule has 2 atom stereocenters. The molecule has 0 aliphatic heterocycles. The van der Waals surface area contributed by atoms with E-state index in [2.05, 4.69) is 0 Å². The van der Waals surface area contributed by atoms with Gasteiger partial charge in [-0.05, 0) is 25.0 Å². The fraction of sp³-hybridized carbons (Fsp3) is 0.500. The van der Waals surface area contributed by atoms with Crippen molar-refractivity contribution in [3.05, 3.63) is 23.5 Å². The first-order chi connectivity index (χ1) is 9.41. The molecule has 0 radical (unpaired) electrons. The van der Waals surface area contributed by atoms with Gasteiger partial charge in [0.25, 0.3) is 0 Å². The maximum atomic E-state index is 14.0. The fourth-order valence-electron chi connectivity index (χ4n) is 2.75. The van der Waals surface area contributed by atoms with E-state index in [0.717, 1.165) is 25.3 Å². The van der Waals surface area contributed by atoms with Crippen LogP contribution >= 0.6 is 0 Å². The van der Waals surface area contributed by atoms with E-state index >= 15 is 0 Å². The normalized spacial score (nSPS) is 22.6. The highest BCUT2D eigenvalue weighted by Gasteiger charge is 2.28. The molecule has 5 nitrogen and oxygen atoms in total. The van der Waals surface area contributed by atoms with Crippen LogP contribution in [0.1, 0.15) is 36.0 Å². The van der Waals surface area contributed by atoms with Crippen molar-refractivity contribution in [2.75, 3.05) is 17.7 Å². The van der Waals surface area contributed by atoms with E-state index < -0.39 is 17.9 Å². The lowest BCUT2D eigenvalue weighted by atomic mass is 9.91. The molecule has 2 rings (SSSR count). The van der Waals surface area contributed by atoms with Gasteiger partial charge in [0.2, 0.25) is 0 Å². The van der Waals surface area contributed by atoms with Crippen LogP contribution in [0.3, 0.4) is 0 Å². The molecule has 1 aliphatic carbocycles. The van der Waals surface area contributed by atoms with Crippen LogP contribution in [0, 0.1) is 5.82 Å². The quantitative estimate of drug-likeness (QED) is 0.736. The number of hydrogen-bond acceptors (Lipinski definition) is 4. The average Bonchev–Trinajstić information content (AvgIpc) is 2.38. The minimum Gasteiger partial charge on any atom is -0.478 e. The van der Waals surface area contributed by atoms with E-state index in [1.54, 1.807) is 11.9 Å². The zero-order chi connectivity index (χ0) is 14.9. The van der Waals surface area contributed by atoms with E-state index in [1.165, 1.54) is 6.07 Å². The van der Waals surface area contributed by atoms with E-state index in [-0.39, 0.29) is 23.0 Å². The summed E-state index contributed by atoms with van der Waals surface area (Å²) in [7, 11) is 1.67. The largest absolute Gasteiger partial charge is 0.478 e. The number of carboxylic acid groups (broad SMARTS) is 1. The van der Waals surface area contributed by atoms with Crippen LogP contribution in [0.15, 0.2) is 12.1 Å². The average molecular weight is 282 g/mol. The van der Waals surface area contributed by atoms with Crippen molar-refractivity contribution in [1.82, 2.24) is 0 Å². The van der Waals surface area contributed by atoms with Crippen LogP contribution in [0.5, 0.6) is 0 Å². The molecule has 1 aliphatic rings. The summed E-state index contributed by atoms with van der Waals surface area (Å²) in [6.45, 7) is 0. The first kappa shape index (κ1) is 14.6. The van der Waals surface area contributed by atoms with Gasteiger partial charge in [-0.3, -0.25) is 0 Å². The Kier molecular flexibility index (Phi) is 4.13. The maximum absolute atomic E-state index is 14.0. The van der Waals surface area contributed by atoms with Crippen molar-refractivity contribution in [2.45, 2.75) is 37.8 Å². The van der Waals surface area contributed by atoms with Crippen LogP contribution in [0.4, 0.5) is 15.8 Å². The highest BCUT2D eigenvalue weighted by molar-refractivity contribution is 5.95. The van der Waals surface area contributed by atoms with Gasteiger partial charge in [0.05, 0.1) is 23.4 Å². The highest BCUT2D eigenvalue weighted by Crippen LogP contribution is 2.30. The van der Waals surface area contributed by atoms with Crippen LogP contribution < -0.4 is 10.6 Å². The van der Waals surface area contributed by atoms with Crippen LogP contribution in [0.25, 0.3) is 0 Å². The molecule has 1 aromatic carbocycles. The number of anilines is 2. The third-order valence-electron chi connectivity index (χ3n) is 3.92. The number of rotatable bonds is 3. The van der Waals surface area contributed by atoms with Crippen molar-refractivity contribution in [3.8, 4) is 0 Å². The summed E-state index contributed by atoms with van der Waals surface area (Å²) >= 11 is 0. The Morgan fingerprint density at radius 3 is 2.65 bits per heavy atom. The molecule has 20 heavy (non-hydrogen) atoms. The van der Waals surface area contributed by atoms with Crippen molar-refractivity contribution in [1.29, 1.82) is 0 Å². The monoisotopic (exact) mass is 282 g/mol. The van der Waals surface area contributed by atoms with Gasteiger partial charge in [-0.2, -0.15) is 0 Å². The SMILES string of the molecule is CN(c1cc(C(=O)O)c(N)cc1F)C1CCCCC1O. The minimum absolute atomic E-state index is 0.101. The number of nitrogens with two attached hydrogens (primary N) is 1. The second kappa shape index (κ2) is 5.66. The van der Waals surface area contributed by atoms with Gasteiger partial charge in [-0.15, -0.1) is 0 Å². The summed E-state index contributed by atoms with van der Waals surface area (Å²) in [6, 6.07) is 2.04. The Balaban J connectivity index is 2.35. The lowest BCUT2D eigenvalue weighted by molar-refractivity contribution is 0.0698. The van der Waals surface area contributed by atoms with Gasteiger partial charge < -0.3 is 20.8 Å². The summed E-state index contributed by atoms with van der Waals surface area (Å²) in [5.41, 5.74) is 5.44. The second-order valence-electron chi connectivity index (χ2n) is 5.23. The number of benzene rings is 1. The number of nitrogen functional groups attached to an aromatic ring is 1. The number of aliphatic hydroxyl groups is 1.